The van der Waals surface area contributed by atoms with E-state index in [2.05, 4.69) is 22.9 Å². The summed E-state index contributed by atoms with van der Waals surface area (Å²) < 4.78 is 27.3. The van der Waals surface area contributed by atoms with Crippen LogP contribution in [0.2, 0.25) is 0 Å². The van der Waals surface area contributed by atoms with E-state index in [-0.39, 0.29) is 22.2 Å². The van der Waals surface area contributed by atoms with Crippen LogP contribution in [0.5, 0.6) is 0 Å². The molecule has 1 nitrogen and oxygen atoms in total. The number of carbonyl (C=O) groups is 1. The van der Waals surface area contributed by atoms with Gasteiger partial charge in [0.1, 0.15) is 17.4 Å². The normalized spacial score (nSPS) is 10.7. The van der Waals surface area contributed by atoms with Crippen molar-refractivity contribution in [1.82, 2.24) is 0 Å². The molecule has 0 aromatic heterocycles. The van der Waals surface area contributed by atoms with Crippen LogP contribution in [0.3, 0.4) is 0 Å². The number of hydrogen-bond donors (Lipinski definition) is 0. The molecule has 0 fully saturated rings. The molecule has 0 saturated heterocycles. The first kappa shape index (κ1) is 16.3. The molecular formula is C15H19BrF2O. The zero-order valence-corrected chi connectivity index (χ0v) is 12.7. The summed E-state index contributed by atoms with van der Waals surface area (Å²) >= 11 is 3.00. The number of rotatable bonds is 8. The molecular weight excluding hydrogens is 314 g/mol. The van der Waals surface area contributed by atoms with E-state index in [0.717, 1.165) is 25.7 Å². The number of unbranched alkanes of at least 4 members (excludes halogenated alkanes) is 4. The predicted molar refractivity (Wildman–Crippen MR) is 76.1 cm³/mol. The minimum Gasteiger partial charge on any atom is -0.299 e. The van der Waals surface area contributed by atoms with Crippen molar-refractivity contribution in [1.29, 1.82) is 0 Å². The molecule has 0 atom stereocenters. The van der Waals surface area contributed by atoms with E-state index in [1.165, 1.54) is 18.6 Å². The quantitative estimate of drug-likeness (QED) is 0.472. The molecule has 0 aliphatic rings. The molecule has 0 aliphatic heterocycles. The van der Waals surface area contributed by atoms with E-state index in [1.807, 2.05) is 0 Å². The third kappa shape index (κ3) is 5.39. The fourth-order valence-corrected chi connectivity index (χ4v) is 2.31. The lowest BCUT2D eigenvalue weighted by Crippen LogP contribution is -2.07. The van der Waals surface area contributed by atoms with Crippen LogP contribution >= 0.6 is 15.9 Å². The second-order valence-electron chi connectivity index (χ2n) is 4.70. The maximum Gasteiger partial charge on any atom is 0.143 e. The van der Waals surface area contributed by atoms with Crippen molar-refractivity contribution in [3.63, 3.8) is 0 Å². The number of ketones is 1. The third-order valence-electron chi connectivity index (χ3n) is 3.07. The van der Waals surface area contributed by atoms with E-state index in [9.17, 15) is 13.6 Å². The molecule has 0 N–H and O–H groups in total. The first-order chi connectivity index (χ1) is 9.06. The van der Waals surface area contributed by atoms with Gasteiger partial charge in [-0.3, -0.25) is 4.79 Å². The first-order valence-corrected chi connectivity index (χ1v) is 7.49. The van der Waals surface area contributed by atoms with Gasteiger partial charge >= 0.3 is 0 Å². The van der Waals surface area contributed by atoms with Gasteiger partial charge < -0.3 is 0 Å². The lowest BCUT2D eigenvalue weighted by atomic mass is 10.0. The van der Waals surface area contributed by atoms with E-state index in [4.69, 9.17) is 0 Å². The first-order valence-electron chi connectivity index (χ1n) is 6.70. The van der Waals surface area contributed by atoms with Gasteiger partial charge in [-0.2, -0.15) is 0 Å². The highest BCUT2D eigenvalue weighted by Gasteiger charge is 2.15. The van der Waals surface area contributed by atoms with Crippen LogP contribution in [0.25, 0.3) is 0 Å². The Morgan fingerprint density at radius 1 is 1.16 bits per heavy atom. The number of carbonyl (C=O) groups excluding carboxylic acids is 1. The Bertz CT molecular complexity index is 432. The van der Waals surface area contributed by atoms with Crippen molar-refractivity contribution in [2.24, 2.45) is 0 Å². The Kier molecular flexibility index (Phi) is 7.21. The Labute approximate surface area is 121 Å². The SMILES string of the molecule is CCCCCCCC(=O)Cc1c(F)ccc(Br)c1F. The van der Waals surface area contributed by atoms with E-state index in [0.29, 0.717) is 6.42 Å². The van der Waals surface area contributed by atoms with Gasteiger partial charge in [-0.15, -0.1) is 0 Å². The van der Waals surface area contributed by atoms with Gasteiger partial charge in [-0.05, 0) is 34.5 Å². The fraction of sp³-hybridized carbons (Fsp3) is 0.533. The molecule has 106 valence electrons. The fourth-order valence-electron chi connectivity index (χ4n) is 1.94. The summed E-state index contributed by atoms with van der Waals surface area (Å²) in [6.07, 6.45) is 5.48. The number of Topliss-reactive ketones (excluding diaryl/α,β-unsaturated/α-hetero) is 1. The molecule has 1 aromatic carbocycles. The lowest BCUT2D eigenvalue weighted by molar-refractivity contribution is -0.118. The molecule has 0 unspecified atom stereocenters. The highest BCUT2D eigenvalue weighted by molar-refractivity contribution is 9.10. The zero-order valence-electron chi connectivity index (χ0n) is 11.1. The second kappa shape index (κ2) is 8.41. The Hall–Kier alpha value is -0.770. The Balaban J connectivity index is 2.47. The summed E-state index contributed by atoms with van der Waals surface area (Å²) in [7, 11) is 0. The van der Waals surface area contributed by atoms with Crippen LogP contribution in [0.1, 0.15) is 51.0 Å². The van der Waals surface area contributed by atoms with E-state index < -0.39 is 11.6 Å². The summed E-state index contributed by atoms with van der Waals surface area (Å²) in [6.45, 7) is 2.13. The molecule has 0 aliphatic carbocycles. The number of halogens is 3. The molecule has 0 radical (unpaired) electrons. The van der Waals surface area contributed by atoms with Crippen molar-refractivity contribution in [3.05, 3.63) is 33.8 Å². The van der Waals surface area contributed by atoms with Crippen LogP contribution in [-0.2, 0) is 11.2 Å². The van der Waals surface area contributed by atoms with E-state index >= 15 is 0 Å². The van der Waals surface area contributed by atoms with E-state index in [1.54, 1.807) is 0 Å². The molecule has 0 saturated carbocycles. The summed E-state index contributed by atoms with van der Waals surface area (Å²) in [4.78, 5) is 11.7. The average Bonchev–Trinajstić information content (AvgIpc) is 2.39. The summed E-state index contributed by atoms with van der Waals surface area (Å²) in [5.41, 5.74) is -0.132. The van der Waals surface area contributed by atoms with Crippen molar-refractivity contribution in [2.45, 2.75) is 51.9 Å². The second-order valence-corrected chi connectivity index (χ2v) is 5.56. The highest BCUT2D eigenvalue weighted by atomic mass is 79.9. The largest absolute Gasteiger partial charge is 0.299 e. The van der Waals surface area contributed by atoms with Gasteiger partial charge in [-0.25, -0.2) is 8.78 Å². The van der Waals surface area contributed by atoms with Gasteiger partial charge in [-0.1, -0.05) is 32.6 Å². The highest BCUT2D eigenvalue weighted by Crippen LogP contribution is 2.22. The minimum atomic E-state index is -0.667. The monoisotopic (exact) mass is 332 g/mol. The van der Waals surface area contributed by atoms with Crippen LogP contribution in [0.4, 0.5) is 8.78 Å². The number of hydrogen-bond acceptors (Lipinski definition) is 1. The molecule has 0 spiro atoms. The van der Waals surface area contributed by atoms with Gasteiger partial charge in [0.25, 0.3) is 0 Å². The predicted octanol–water partition coefficient (Wildman–Crippen LogP) is 5.20. The summed E-state index contributed by atoms with van der Waals surface area (Å²) in [6, 6.07) is 2.49. The Morgan fingerprint density at radius 3 is 2.53 bits per heavy atom. The molecule has 0 amide bonds. The summed E-state index contributed by atoms with van der Waals surface area (Å²) in [5, 5.41) is 0. The standard InChI is InChI=1S/C15H19BrF2O/c1-2-3-4-5-6-7-11(19)10-12-14(17)9-8-13(16)15(12)18/h8-9H,2-7,10H2,1H3. The smallest absolute Gasteiger partial charge is 0.143 e. The van der Waals surface area contributed by atoms with Crippen molar-refractivity contribution in [3.8, 4) is 0 Å². The maximum absolute atomic E-state index is 13.7. The third-order valence-corrected chi connectivity index (χ3v) is 3.68. The van der Waals surface area contributed by atoms with Crippen LogP contribution in [0, 0.1) is 11.6 Å². The molecule has 1 aromatic rings. The molecule has 19 heavy (non-hydrogen) atoms. The summed E-state index contributed by atoms with van der Waals surface area (Å²) in [5.74, 6) is -1.42. The van der Waals surface area contributed by atoms with Crippen LogP contribution < -0.4 is 0 Å². The van der Waals surface area contributed by atoms with Crippen molar-refractivity contribution < 1.29 is 13.6 Å². The van der Waals surface area contributed by atoms with Crippen LogP contribution in [-0.4, -0.2) is 5.78 Å². The van der Waals surface area contributed by atoms with Crippen molar-refractivity contribution in [2.75, 3.05) is 0 Å². The number of benzene rings is 1. The lowest BCUT2D eigenvalue weighted by Gasteiger charge is -2.06. The van der Waals surface area contributed by atoms with Gasteiger partial charge in [0, 0.05) is 18.4 Å². The molecule has 4 heteroatoms. The molecule has 1 rings (SSSR count). The topological polar surface area (TPSA) is 17.1 Å². The molecule has 0 heterocycles. The molecule has 0 bridgehead atoms. The Morgan fingerprint density at radius 2 is 1.84 bits per heavy atom. The maximum atomic E-state index is 13.7. The zero-order chi connectivity index (χ0) is 14.3. The van der Waals surface area contributed by atoms with Gasteiger partial charge in [0.15, 0.2) is 0 Å². The van der Waals surface area contributed by atoms with Crippen molar-refractivity contribution >= 4 is 21.7 Å². The van der Waals surface area contributed by atoms with Gasteiger partial charge in [0.2, 0.25) is 0 Å². The van der Waals surface area contributed by atoms with Crippen LogP contribution in [0.15, 0.2) is 16.6 Å². The van der Waals surface area contributed by atoms with Gasteiger partial charge in [0.05, 0.1) is 4.47 Å². The minimum absolute atomic E-state index is 0.104. The average molecular weight is 333 g/mol.